The van der Waals surface area contributed by atoms with Gasteiger partial charge in [0.15, 0.2) is 6.17 Å². The number of aromatic nitrogens is 2. The van der Waals surface area contributed by atoms with Gasteiger partial charge in [-0.25, -0.2) is 0 Å². The Kier molecular flexibility index (Phi) is 12.8. The second kappa shape index (κ2) is 14.7. The Balaban J connectivity index is 1.55. The zero-order valence-corrected chi connectivity index (χ0v) is 23.0. The second-order valence-corrected chi connectivity index (χ2v) is 12.1. The summed E-state index contributed by atoms with van der Waals surface area (Å²) in [5, 5.41) is 27.4. The predicted molar refractivity (Wildman–Crippen MR) is 143 cm³/mol. The van der Waals surface area contributed by atoms with Crippen LogP contribution >= 0.6 is 11.3 Å². The van der Waals surface area contributed by atoms with Crippen LogP contribution in [-0.4, -0.2) is 48.1 Å². The summed E-state index contributed by atoms with van der Waals surface area (Å²) in [7, 11) is 2.02. The number of hydrogen-bond acceptors (Lipinski definition) is 6. The second-order valence-electron chi connectivity index (χ2n) is 11.2. The minimum atomic E-state index is -0.414. The van der Waals surface area contributed by atoms with E-state index in [2.05, 4.69) is 48.1 Å². The molecule has 2 rings (SSSR count). The van der Waals surface area contributed by atoms with Gasteiger partial charge in [0.25, 0.3) is 0 Å². The van der Waals surface area contributed by atoms with E-state index in [-0.39, 0.29) is 11.6 Å². The van der Waals surface area contributed by atoms with Gasteiger partial charge < -0.3 is 5.21 Å². The lowest BCUT2D eigenvalue weighted by atomic mass is 9.98. The van der Waals surface area contributed by atoms with Crippen LogP contribution in [0.1, 0.15) is 123 Å². The van der Waals surface area contributed by atoms with Crippen LogP contribution in [0.5, 0.6) is 0 Å². The Morgan fingerprint density at radius 1 is 0.909 bits per heavy atom. The van der Waals surface area contributed by atoms with Crippen molar-refractivity contribution in [1.29, 1.82) is 0 Å². The van der Waals surface area contributed by atoms with E-state index in [1.165, 1.54) is 94.8 Å². The third-order valence-corrected chi connectivity index (χ3v) is 8.19. The van der Waals surface area contributed by atoms with Gasteiger partial charge in [-0.1, -0.05) is 116 Å². The standard InChI is InChI=1S/C26H51N5OS/c1-6-7-8-9-10-11-12-13-14-15-16-17-18-19-20-27-23-21-30(5)22-31(23,32)25-29-28-24(33-25)26(2,3)4/h23,27H,6-22H2,1-5H3. The molecule has 192 valence electrons. The molecule has 0 radical (unpaired) electrons. The fraction of sp³-hybridized carbons (Fsp3) is 0.923. The highest BCUT2D eigenvalue weighted by Crippen LogP contribution is 2.36. The summed E-state index contributed by atoms with van der Waals surface area (Å²) in [5.74, 6) is 0. The van der Waals surface area contributed by atoms with Gasteiger partial charge in [0.1, 0.15) is 11.7 Å². The average Bonchev–Trinajstić information content (AvgIpc) is 3.37. The third kappa shape index (κ3) is 9.88. The topological polar surface area (TPSA) is 64.1 Å². The lowest BCUT2D eigenvalue weighted by Gasteiger charge is -2.39. The molecule has 0 bridgehead atoms. The van der Waals surface area contributed by atoms with Gasteiger partial charge in [0.2, 0.25) is 0 Å². The summed E-state index contributed by atoms with van der Waals surface area (Å²) in [6, 6.07) is 0. The summed E-state index contributed by atoms with van der Waals surface area (Å²) in [5.41, 5.74) is -0.0716. The summed E-state index contributed by atoms with van der Waals surface area (Å²) in [6.07, 6.45) is 19.0. The first-order valence-corrected chi connectivity index (χ1v) is 14.4. The SMILES string of the molecule is CCCCCCCCCCCCCCCCNC1CN(C)C[N+]1([O-])c1nnc(C(C)(C)C)s1. The smallest absolute Gasteiger partial charge is 0.309 e. The quantitative estimate of drug-likeness (QED) is 0.148. The van der Waals surface area contributed by atoms with Gasteiger partial charge in [-0.2, -0.15) is 0 Å². The van der Waals surface area contributed by atoms with E-state index >= 15 is 0 Å². The van der Waals surface area contributed by atoms with Crippen molar-refractivity contribution in [1.82, 2.24) is 25.1 Å². The van der Waals surface area contributed by atoms with E-state index in [1.807, 2.05) is 7.05 Å². The highest BCUT2D eigenvalue weighted by molar-refractivity contribution is 7.15. The van der Waals surface area contributed by atoms with Crippen molar-refractivity contribution in [2.75, 3.05) is 26.8 Å². The van der Waals surface area contributed by atoms with Crippen molar-refractivity contribution in [3.63, 3.8) is 0 Å². The van der Waals surface area contributed by atoms with E-state index in [4.69, 9.17) is 0 Å². The van der Waals surface area contributed by atoms with Crippen LogP contribution < -0.4 is 9.96 Å². The average molecular weight is 482 g/mol. The number of nitrogens with zero attached hydrogens (tertiary/aromatic N) is 4. The summed E-state index contributed by atoms with van der Waals surface area (Å²) >= 11 is 1.48. The van der Waals surface area contributed by atoms with Gasteiger partial charge in [-0.15, -0.1) is 5.10 Å². The number of quaternary nitrogens is 1. The molecular formula is C26H51N5OS. The summed E-state index contributed by atoms with van der Waals surface area (Å²) in [4.78, 5) is 2.11. The van der Waals surface area contributed by atoms with Gasteiger partial charge in [-0.05, 0) is 24.8 Å². The molecular weight excluding hydrogens is 430 g/mol. The highest BCUT2D eigenvalue weighted by atomic mass is 32.1. The summed E-state index contributed by atoms with van der Waals surface area (Å²) < 4.78 is -0.414. The molecule has 1 aromatic heterocycles. The van der Waals surface area contributed by atoms with Gasteiger partial charge >= 0.3 is 5.13 Å². The third-order valence-electron chi connectivity index (χ3n) is 6.73. The van der Waals surface area contributed by atoms with Crippen molar-refractivity contribution < 1.29 is 0 Å². The van der Waals surface area contributed by atoms with Crippen LogP contribution in [0, 0.1) is 5.21 Å². The molecule has 1 aromatic rings. The minimum Gasteiger partial charge on any atom is -0.623 e. The Morgan fingerprint density at radius 2 is 1.42 bits per heavy atom. The van der Waals surface area contributed by atoms with E-state index in [1.54, 1.807) is 0 Å². The number of unbranched alkanes of at least 4 members (excludes halogenated alkanes) is 13. The Hall–Kier alpha value is -0.600. The number of rotatable bonds is 17. The molecule has 2 heterocycles. The lowest BCUT2D eigenvalue weighted by Crippen LogP contribution is -2.56. The van der Waals surface area contributed by atoms with Crippen LogP contribution in [0.4, 0.5) is 5.13 Å². The van der Waals surface area contributed by atoms with Gasteiger partial charge in [0.05, 0.1) is 6.54 Å². The number of likely N-dealkylation sites (N-methyl/N-ethyl adjacent to an activating group) is 1. The van der Waals surface area contributed by atoms with Crippen molar-refractivity contribution in [3.8, 4) is 0 Å². The predicted octanol–water partition coefficient (Wildman–Crippen LogP) is 6.94. The maximum absolute atomic E-state index is 13.7. The Labute approximate surface area is 207 Å². The van der Waals surface area contributed by atoms with Crippen molar-refractivity contribution in [2.45, 2.75) is 129 Å². The Bertz CT molecular complexity index is 647. The molecule has 1 N–H and O–H groups in total. The van der Waals surface area contributed by atoms with Crippen LogP contribution in [-0.2, 0) is 5.41 Å². The fourth-order valence-corrected chi connectivity index (χ4v) is 5.59. The molecule has 0 amide bonds. The summed E-state index contributed by atoms with van der Waals surface area (Å²) in [6.45, 7) is 10.7. The molecule has 1 saturated heterocycles. The maximum atomic E-state index is 13.7. The molecule has 1 aliphatic rings. The molecule has 2 atom stereocenters. The molecule has 6 nitrogen and oxygen atoms in total. The van der Waals surface area contributed by atoms with Crippen LogP contribution in [0.15, 0.2) is 0 Å². The van der Waals surface area contributed by atoms with Crippen LogP contribution in [0.25, 0.3) is 0 Å². The Morgan fingerprint density at radius 3 is 1.91 bits per heavy atom. The van der Waals surface area contributed by atoms with E-state index in [9.17, 15) is 5.21 Å². The highest BCUT2D eigenvalue weighted by Gasteiger charge is 2.42. The zero-order chi connectivity index (χ0) is 24.2. The molecule has 0 spiro atoms. The zero-order valence-electron chi connectivity index (χ0n) is 22.2. The van der Waals surface area contributed by atoms with E-state index < -0.39 is 4.65 Å². The molecule has 0 aromatic carbocycles. The molecule has 0 aliphatic carbocycles. The number of nitrogens with one attached hydrogen (secondary N) is 1. The van der Waals surface area contributed by atoms with Gasteiger partial charge in [0, 0.05) is 12.0 Å². The van der Waals surface area contributed by atoms with Crippen molar-refractivity contribution in [2.24, 2.45) is 0 Å². The molecule has 7 heteroatoms. The fourth-order valence-electron chi connectivity index (χ4n) is 4.61. The molecule has 2 unspecified atom stereocenters. The lowest BCUT2D eigenvalue weighted by molar-refractivity contribution is 0.286. The van der Waals surface area contributed by atoms with Crippen LogP contribution in [0.3, 0.4) is 0 Å². The molecule has 1 aliphatic heterocycles. The molecule has 0 saturated carbocycles. The number of hydrogen-bond donors (Lipinski definition) is 1. The van der Waals surface area contributed by atoms with Gasteiger partial charge in [-0.3, -0.25) is 14.9 Å². The normalized spacial score (nSPS) is 21.8. The van der Waals surface area contributed by atoms with E-state index in [0.717, 1.165) is 24.5 Å². The van der Waals surface area contributed by atoms with Crippen LogP contribution in [0.2, 0.25) is 0 Å². The minimum absolute atomic E-state index is 0.0716. The van der Waals surface area contributed by atoms with Crippen molar-refractivity contribution >= 4 is 16.5 Å². The molecule has 33 heavy (non-hydrogen) atoms. The number of hydroxylamine groups is 2. The first kappa shape index (κ1) is 28.6. The monoisotopic (exact) mass is 481 g/mol. The first-order chi connectivity index (χ1) is 15.8. The first-order valence-electron chi connectivity index (χ1n) is 13.6. The maximum Gasteiger partial charge on any atom is 0.309 e. The van der Waals surface area contributed by atoms with Crippen molar-refractivity contribution in [3.05, 3.63) is 10.2 Å². The molecule has 1 fully saturated rings. The van der Waals surface area contributed by atoms with E-state index in [0.29, 0.717) is 11.8 Å². The largest absolute Gasteiger partial charge is 0.623 e.